The summed E-state index contributed by atoms with van der Waals surface area (Å²) in [6.07, 6.45) is 1.11. The fraction of sp³-hybridized carbons (Fsp3) is 0. The van der Waals surface area contributed by atoms with Crippen LogP contribution < -0.4 is 10.9 Å². The third kappa shape index (κ3) is 2.44. The first-order valence-corrected chi connectivity index (χ1v) is 5.15. The van der Waals surface area contributed by atoms with Crippen molar-refractivity contribution >= 4 is 27.2 Å². The summed E-state index contributed by atoms with van der Waals surface area (Å²) in [5, 5.41) is 4.85. The number of rotatable bonds is 2. The average molecular weight is 217 g/mol. The third-order valence-corrected chi connectivity index (χ3v) is 2.43. The maximum atomic E-state index is 10.8. The van der Waals surface area contributed by atoms with Crippen LogP contribution in [0.2, 0.25) is 0 Å². The number of hydrogen-bond acceptors (Lipinski definition) is 4. The zero-order chi connectivity index (χ0) is 10.1. The Bertz CT molecular complexity index is 424. The van der Waals surface area contributed by atoms with E-state index in [9.17, 15) is 8.42 Å². The molecule has 0 amide bonds. The summed E-state index contributed by atoms with van der Waals surface area (Å²) in [5.74, 6) is 0. The lowest BCUT2D eigenvalue weighted by Gasteiger charge is -1.98. The zero-order valence-corrected chi connectivity index (χ0v) is 8.10. The Labute approximate surface area is 80.8 Å². The number of hydrogen-bond donors (Lipinski definition) is 2. The zero-order valence-electron chi connectivity index (χ0n) is 6.47. The lowest BCUT2D eigenvalue weighted by Crippen LogP contribution is -2.15. The van der Waals surface area contributed by atoms with E-state index < -0.39 is 10.0 Å². The molecule has 1 rings (SSSR count). The van der Waals surface area contributed by atoms with E-state index in [2.05, 4.69) is 17.2 Å². The van der Waals surface area contributed by atoms with Gasteiger partial charge in [-0.1, -0.05) is 12.2 Å². The highest BCUT2D eigenvalue weighted by Crippen LogP contribution is 2.04. The van der Waals surface area contributed by atoms with Crippen LogP contribution in [0.25, 0.3) is 0 Å². The lowest BCUT2D eigenvalue weighted by atomic mass is 10.3. The molecule has 0 unspecified atom stereocenters. The van der Waals surface area contributed by atoms with Crippen molar-refractivity contribution in [3.8, 4) is 0 Å². The molecule has 5 nitrogen and oxygen atoms in total. The molecule has 0 aliphatic rings. The van der Waals surface area contributed by atoms with Crippen molar-refractivity contribution in [3.05, 3.63) is 24.0 Å². The lowest BCUT2D eigenvalue weighted by molar-refractivity contribution is 0.597. The maximum absolute atomic E-state index is 10.8. The first-order chi connectivity index (χ1) is 5.91. The molecule has 1 aromatic rings. The average Bonchev–Trinajstić information content (AvgIpc) is 2.03. The van der Waals surface area contributed by atoms with Crippen LogP contribution in [0.4, 0.5) is 0 Å². The predicted molar refractivity (Wildman–Crippen MR) is 51.5 cm³/mol. The molecule has 1 heterocycles. The van der Waals surface area contributed by atoms with Crippen molar-refractivity contribution in [2.75, 3.05) is 0 Å². The van der Waals surface area contributed by atoms with Crippen molar-refractivity contribution in [3.63, 3.8) is 0 Å². The molecule has 0 spiro atoms. The van der Waals surface area contributed by atoms with Crippen LogP contribution >= 0.6 is 12.2 Å². The van der Waals surface area contributed by atoms with E-state index in [0.717, 1.165) is 6.20 Å². The molecule has 7 heteroatoms. The number of nitrogens with two attached hydrogens (primary N) is 2. The van der Waals surface area contributed by atoms with Gasteiger partial charge in [-0.25, -0.2) is 13.6 Å². The molecule has 0 saturated heterocycles. The Balaban J connectivity index is 3.16. The number of pyridine rings is 1. The Hall–Kier alpha value is -1.05. The van der Waals surface area contributed by atoms with Crippen molar-refractivity contribution in [1.82, 2.24) is 4.98 Å². The van der Waals surface area contributed by atoms with Gasteiger partial charge in [0.1, 0.15) is 9.88 Å². The van der Waals surface area contributed by atoms with E-state index in [1.54, 1.807) is 0 Å². The summed E-state index contributed by atoms with van der Waals surface area (Å²) in [4.78, 5) is 3.77. The summed E-state index contributed by atoms with van der Waals surface area (Å²) < 4.78 is 21.6. The minimum absolute atomic E-state index is 0.0625. The number of sulfonamides is 1. The van der Waals surface area contributed by atoms with Crippen LogP contribution in [-0.4, -0.2) is 18.4 Å². The molecule has 0 fully saturated rings. The molecule has 4 N–H and O–H groups in total. The fourth-order valence-electron chi connectivity index (χ4n) is 0.694. The second kappa shape index (κ2) is 3.36. The molecule has 70 valence electrons. The summed E-state index contributed by atoms with van der Waals surface area (Å²) in [6.45, 7) is 0. The Morgan fingerprint density at radius 3 is 2.38 bits per heavy atom. The van der Waals surface area contributed by atoms with Crippen molar-refractivity contribution in [1.29, 1.82) is 0 Å². The van der Waals surface area contributed by atoms with Gasteiger partial charge in [0.05, 0.1) is 5.69 Å². The van der Waals surface area contributed by atoms with Gasteiger partial charge in [0, 0.05) is 6.20 Å². The van der Waals surface area contributed by atoms with Crippen LogP contribution in [0.5, 0.6) is 0 Å². The second-order valence-corrected chi connectivity index (χ2v) is 4.29. The molecule has 0 saturated carbocycles. The van der Waals surface area contributed by atoms with Crippen molar-refractivity contribution < 1.29 is 8.42 Å². The van der Waals surface area contributed by atoms with Gasteiger partial charge in [0.25, 0.3) is 0 Å². The van der Waals surface area contributed by atoms with E-state index in [0.29, 0.717) is 5.69 Å². The molecule has 0 atom stereocenters. The molecule has 1 aromatic heterocycles. The Morgan fingerprint density at radius 2 is 2.08 bits per heavy atom. The van der Waals surface area contributed by atoms with E-state index in [1.165, 1.54) is 12.1 Å². The van der Waals surface area contributed by atoms with Gasteiger partial charge < -0.3 is 5.73 Å². The summed E-state index contributed by atoms with van der Waals surface area (Å²) >= 11 is 4.63. The van der Waals surface area contributed by atoms with E-state index in [4.69, 9.17) is 10.9 Å². The minimum Gasteiger partial charge on any atom is -0.388 e. The Morgan fingerprint density at radius 1 is 1.46 bits per heavy atom. The standard InChI is InChI=1S/C6H7N3O2S2/c7-6(12)5-2-1-4(3-9-5)13(8,10)11/h1-3H,(H2,7,12)(H2,8,10,11). The number of nitrogens with zero attached hydrogens (tertiary/aromatic N) is 1. The first-order valence-electron chi connectivity index (χ1n) is 3.20. The maximum Gasteiger partial charge on any atom is 0.239 e. The minimum atomic E-state index is -3.69. The topological polar surface area (TPSA) is 99.1 Å². The molecular formula is C6H7N3O2S2. The van der Waals surface area contributed by atoms with Crippen molar-refractivity contribution in [2.24, 2.45) is 10.9 Å². The highest BCUT2D eigenvalue weighted by Gasteiger charge is 2.07. The third-order valence-electron chi connectivity index (χ3n) is 1.32. The van der Waals surface area contributed by atoms with E-state index in [1.807, 2.05) is 0 Å². The molecule has 13 heavy (non-hydrogen) atoms. The quantitative estimate of drug-likeness (QED) is 0.642. The van der Waals surface area contributed by atoms with Gasteiger partial charge in [0.15, 0.2) is 0 Å². The summed E-state index contributed by atoms with van der Waals surface area (Å²) in [6, 6.07) is 2.71. The monoisotopic (exact) mass is 217 g/mol. The van der Waals surface area contributed by atoms with Gasteiger partial charge in [-0.2, -0.15) is 0 Å². The SMILES string of the molecule is NC(=S)c1ccc(S(N)(=O)=O)cn1. The number of thiocarbonyl (C=S) groups is 1. The van der Waals surface area contributed by atoms with Crippen LogP contribution in [-0.2, 0) is 10.0 Å². The van der Waals surface area contributed by atoms with Gasteiger partial charge in [-0.15, -0.1) is 0 Å². The highest BCUT2D eigenvalue weighted by atomic mass is 32.2. The molecular weight excluding hydrogens is 210 g/mol. The summed E-state index contributed by atoms with van der Waals surface area (Å²) in [7, 11) is -3.69. The van der Waals surface area contributed by atoms with E-state index >= 15 is 0 Å². The normalized spacial score (nSPS) is 11.2. The van der Waals surface area contributed by atoms with Crippen LogP contribution in [0, 0.1) is 0 Å². The number of primary sulfonamides is 1. The smallest absolute Gasteiger partial charge is 0.239 e. The highest BCUT2D eigenvalue weighted by molar-refractivity contribution is 7.89. The molecule has 0 aliphatic heterocycles. The van der Waals surface area contributed by atoms with Gasteiger partial charge in [-0.3, -0.25) is 4.98 Å². The molecule has 0 bridgehead atoms. The molecule has 0 radical (unpaired) electrons. The largest absolute Gasteiger partial charge is 0.388 e. The fourth-order valence-corrected chi connectivity index (χ4v) is 1.27. The van der Waals surface area contributed by atoms with E-state index in [-0.39, 0.29) is 9.88 Å². The van der Waals surface area contributed by atoms with Crippen LogP contribution in [0.15, 0.2) is 23.2 Å². The second-order valence-electron chi connectivity index (χ2n) is 2.29. The van der Waals surface area contributed by atoms with Gasteiger partial charge in [0.2, 0.25) is 10.0 Å². The molecule has 0 aromatic carbocycles. The first kappa shape index (κ1) is 10.0. The van der Waals surface area contributed by atoms with Crippen molar-refractivity contribution in [2.45, 2.75) is 4.90 Å². The van der Waals surface area contributed by atoms with Gasteiger partial charge in [-0.05, 0) is 12.1 Å². The van der Waals surface area contributed by atoms with Crippen LogP contribution in [0.3, 0.4) is 0 Å². The Kier molecular flexibility index (Phi) is 2.60. The summed E-state index contributed by atoms with van der Waals surface area (Å²) in [5.41, 5.74) is 5.62. The predicted octanol–water partition coefficient (Wildman–Crippen LogP) is -0.637. The van der Waals surface area contributed by atoms with Gasteiger partial charge >= 0.3 is 0 Å². The number of aromatic nitrogens is 1. The van der Waals surface area contributed by atoms with Crippen LogP contribution in [0.1, 0.15) is 5.69 Å². The molecule has 0 aliphatic carbocycles.